The minimum atomic E-state index is -0.519. The van der Waals surface area contributed by atoms with Gasteiger partial charge in [-0.25, -0.2) is 8.78 Å². The molecule has 0 N–H and O–H groups in total. The Morgan fingerprint density at radius 1 is 0.931 bits per heavy atom. The second-order valence-corrected chi connectivity index (χ2v) is 9.35. The monoisotopic (exact) mass is 414 g/mol. The Bertz CT molecular complexity index is 875. The van der Waals surface area contributed by atoms with Crippen LogP contribution in [0.25, 0.3) is 11.1 Å². The SMILES string of the molecule is C=CCCC1CCC2CC(c3ccc(-c4ccc(Cl)c(F)c4)c(F)c3)CCC2C1. The first-order valence-corrected chi connectivity index (χ1v) is 11.3. The topological polar surface area (TPSA) is 0 Å². The van der Waals surface area contributed by atoms with Crippen LogP contribution < -0.4 is 0 Å². The van der Waals surface area contributed by atoms with Crippen molar-refractivity contribution in [2.24, 2.45) is 17.8 Å². The van der Waals surface area contributed by atoms with E-state index < -0.39 is 5.82 Å². The minimum absolute atomic E-state index is 0.0572. The summed E-state index contributed by atoms with van der Waals surface area (Å²) >= 11 is 5.75. The molecule has 0 aliphatic heterocycles. The van der Waals surface area contributed by atoms with Crippen LogP contribution in [-0.4, -0.2) is 0 Å². The second kappa shape index (κ2) is 9.00. The predicted octanol–water partition coefficient (Wildman–Crippen LogP) is 8.55. The molecule has 0 radical (unpaired) electrons. The van der Waals surface area contributed by atoms with E-state index in [2.05, 4.69) is 6.58 Å². The van der Waals surface area contributed by atoms with Crippen LogP contribution in [0, 0.1) is 29.4 Å². The number of allylic oxidation sites excluding steroid dienone is 1. The second-order valence-electron chi connectivity index (χ2n) is 8.94. The third-order valence-electron chi connectivity index (χ3n) is 7.20. The van der Waals surface area contributed by atoms with Crippen molar-refractivity contribution in [2.45, 2.75) is 57.3 Å². The summed E-state index contributed by atoms with van der Waals surface area (Å²) in [7, 11) is 0. The lowest BCUT2D eigenvalue weighted by Gasteiger charge is -2.42. The van der Waals surface area contributed by atoms with Crippen molar-refractivity contribution >= 4 is 11.6 Å². The standard InChI is InChI=1S/C26H29ClF2/c1-2-3-4-17-5-6-19-14-20(8-7-18(19)13-17)21-9-11-23(25(28)15-21)22-10-12-24(27)26(29)16-22/h2,9-12,15-20H,1,3-8,13-14H2. The van der Waals surface area contributed by atoms with Gasteiger partial charge < -0.3 is 0 Å². The van der Waals surface area contributed by atoms with Crippen LogP contribution in [0.15, 0.2) is 49.1 Å². The van der Waals surface area contributed by atoms with Crippen molar-refractivity contribution in [3.63, 3.8) is 0 Å². The van der Waals surface area contributed by atoms with E-state index >= 15 is 0 Å². The van der Waals surface area contributed by atoms with E-state index in [1.165, 1.54) is 50.7 Å². The number of hydrogen-bond acceptors (Lipinski definition) is 0. The van der Waals surface area contributed by atoms with Crippen LogP contribution in [0.4, 0.5) is 8.78 Å². The summed E-state index contributed by atoms with van der Waals surface area (Å²) in [6.07, 6.45) is 12.0. The lowest BCUT2D eigenvalue weighted by Crippen LogP contribution is -2.30. The van der Waals surface area contributed by atoms with Crippen LogP contribution in [0.1, 0.15) is 62.8 Å². The number of benzene rings is 2. The van der Waals surface area contributed by atoms with Crippen LogP contribution in [-0.2, 0) is 0 Å². The van der Waals surface area contributed by atoms with E-state index in [9.17, 15) is 8.78 Å². The van der Waals surface area contributed by atoms with Gasteiger partial charge in [0.15, 0.2) is 0 Å². The predicted molar refractivity (Wildman–Crippen MR) is 117 cm³/mol. The summed E-state index contributed by atoms with van der Waals surface area (Å²) in [4.78, 5) is 0. The fourth-order valence-corrected chi connectivity index (χ4v) is 5.71. The van der Waals surface area contributed by atoms with Gasteiger partial charge in [0.25, 0.3) is 0 Å². The van der Waals surface area contributed by atoms with Gasteiger partial charge in [0, 0.05) is 5.56 Å². The summed E-state index contributed by atoms with van der Waals surface area (Å²) in [5, 5.41) is 0.0572. The molecule has 0 nitrogen and oxygen atoms in total. The van der Waals surface area contributed by atoms with Gasteiger partial charge in [-0.15, -0.1) is 6.58 Å². The van der Waals surface area contributed by atoms with Gasteiger partial charge in [-0.1, -0.05) is 42.3 Å². The zero-order valence-corrected chi connectivity index (χ0v) is 17.6. The molecule has 2 aliphatic rings. The first-order chi connectivity index (χ1) is 14.0. The van der Waals surface area contributed by atoms with Crippen LogP contribution in [0.5, 0.6) is 0 Å². The van der Waals surface area contributed by atoms with Crippen molar-refractivity contribution in [2.75, 3.05) is 0 Å². The van der Waals surface area contributed by atoms with E-state index in [4.69, 9.17) is 11.6 Å². The van der Waals surface area contributed by atoms with Gasteiger partial charge in [0.2, 0.25) is 0 Å². The highest BCUT2D eigenvalue weighted by Gasteiger charge is 2.35. The quantitative estimate of drug-likeness (QED) is 0.430. The van der Waals surface area contributed by atoms with Gasteiger partial charge in [-0.3, -0.25) is 0 Å². The average Bonchev–Trinajstić information content (AvgIpc) is 2.73. The summed E-state index contributed by atoms with van der Waals surface area (Å²) in [5.41, 5.74) is 2.05. The molecule has 4 atom stereocenters. The lowest BCUT2D eigenvalue weighted by atomic mass is 9.63. The maximum atomic E-state index is 14.9. The molecule has 0 spiro atoms. The van der Waals surface area contributed by atoms with Crippen molar-refractivity contribution < 1.29 is 8.78 Å². The van der Waals surface area contributed by atoms with E-state index in [0.717, 1.165) is 36.2 Å². The molecule has 4 rings (SSSR count). The third-order valence-corrected chi connectivity index (χ3v) is 7.50. The van der Waals surface area contributed by atoms with Gasteiger partial charge in [0.1, 0.15) is 11.6 Å². The highest BCUT2D eigenvalue weighted by atomic mass is 35.5. The Morgan fingerprint density at radius 3 is 2.48 bits per heavy atom. The summed E-state index contributed by atoms with van der Waals surface area (Å²) < 4.78 is 28.6. The van der Waals surface area contributed by atoms with E-state index in [0.29, 0.717) is 17.0 Å². The summed E-state index contributed by atoms with van der Waals surface area (Å²) in [6.45, 7) is 3.86. The Kier molecular flexibility index (Phi) is 6.39. The van der Waals surface area contributed by atoms with E-state index in [-0.39, 0.29) is 10.8 Å². The Hall–Kier alpha value is -1.67. The molecule has 2 aliphatic carbocycles. The van der Waals surface area contributed by atoms with Crippen molar-refractivity contribution in [3.05, 3.63) is 71.3 Å². The Balaban J connectivity index is 1.44. The van der Waals surface area contributed by atoms with Crippen molar-refractivity contribution in [3.8, 4) is 11.1 Å². The fraction of sp³-hybridized carbons (Fsp3) is 0.462. The zero-order valence-electron chi connectivity index (χ0n) is 16.8. The number of fused-ring (bicyclic) bond motifs is 1. The highest BCUT2D eigenvalue weighted by Crippen LogP contribution is 2.48. The Labute approximate surface area is 178 Å². The first-order valence-electron chi connectivity index (χ1n) is 10.9. The molecular weight excluding hydrogens is 386 g/mol. The van der Waals surface area contributed by atoms with Crippen LogP contribution >= 0.6 is 11.6 Å². The highest BCUT2D eigenvalue weighted by molar-refractivity contribution is 6.30. The maximum Gasteiger partial charge on any atom is 0.142 e. The molecular formula is C26H29ClF2. The molecule has 0 aromatic heterocycles. The fourth-order valence-electron chi connectivity index (χ4n) is 5.59. The first kappa shape index (κ1) is 20.6. The number of rotatable bonds is 5. The van der Waals surface area contributed by atoms with Crippen molar-refractivity contribution in [1.82, 2.24) is 0 Å². The molecule has 154 valence electrons. The molecule has 2 saturated carbocycles. The summed E-state index contributed by atoms with van der Waals surface area (Å²) in [6, 6.07) is 9.95. The maximum absolute atomic E-state index is 14.9. The molecule has 2 fully saturated rings. The lowest BCUT2D eigenvalue weighted by molar-refractivity contribution is 0.115. The van der Waals surface area contributed by atoms with Gasteiger partial charge in [-0.05, 0) is 97.9 Å². The van der Waals surface area contributed by atoms with Gasteiger partial charge in [0.05, 0.1) is 5.02 Å². The average molecular weight is 415 g/mol. The molecule has 3 heteroatoms. The molecule has 4 unspecified atom stereocenters. The molecule has 0 saturated heterocycles. The molecule has 2 aromatic carbocycles. The molecule has 0 bridgehead atoms. The number of hydrogen-bond donors (Lipinski definition) is 0. The zero-order chi connectivity index (χ0) is 20.4. The van der Waals surface area contributed by atoms with Gasteiger partial charge in [-0.2, -0.15) is 0 Å². The number of halogens is 3. The van der Waals surface area contributed by atoms with E-state index in [1.54, 1.807) is 18.2 Å². The van der Waals surface area contributed by atoms with Gasteiger partial charge >= 0.3 is 0 Å². The molecule has 0 heterocycles. The largest absolute Gasteiger partial charge is 0.206 e. The minimum Gasteiger partial charge on any atom is -0.206 e. The smallest absolute Gasteiger partial charge is 0.142 e. The molecule has 2 aromatic rings. The normalized spacial score (nSPS) is 26.7. The van der Waals surface area contributed by atoms with E-state index in [1.807, 2.05) is 12.1 Å². The third kappa shape index (κ3) is 4.58. The van der Waals surface area contributed by atoms with Crippen LogP contribution in [0.2, 0.25) is 5.02 Å². The Morgan fingerprint density at radius 2 is 1.72 bits per heavy atom. The van der Waals surface area contributed by atoms with Crippen molar-refractivity contribution in [1.29, 1.82) is 0 Å². The molecule has 0 amide bonds. The van der Waals surface area contributed by atoms with Crippen LogP contribution in [0.3, 0.4) is 0 Å². The summed E-state index contributed by atoms with van der Waals surface area (Å²) in [5.74, 6) is 2.13. The molecule has 29 heavy (non-hydrogen) atoms.